The summed E-state index contributed by atoms with van der Waals surface area (Å²) in [7, 11) is 1.34. The van der Waals surface area contributed by atoms with Gasteiger partial charge < -0.3 is 33.5 Å². The summed E-state index contributed by atoms with van der Waals surface area (Å²) in [5.41, 5.74) is -1.13. The molecule has 2 spiro atoms. The third-order valence-corrected chi connectivity index (χ3v) is 8.59. The number of rotatable bonds is 4. The fourth-order valence-corrected chi connectivity index (χ4v) is 6.89. The van der Waals surface area contributed by atoms with Crippen LogP contribution in [0.5, 0.6) is 0 Å². The van der Waals surface area contributed by atoms with Gasteiger partial charge in [0, 0.05) is 25.7 Å². The van der Waals surface area contributed by atoms with E-state index in [2.05, 4.69) is 0 Å². The summed E-state index contributed by atoms with van der Waals surface area (Å²) in [6.45, 7) is 0.278. The molecule has 2 aliphatic carbocycles. The molecule has 6 rings (SSSR count). The maximum Gasteiger partial charge on any atom is 0.316 e. The summed E-state index contributed by atoms with van der Waals surface area (Å²) in [5, 5.41) is 12.6. The molecule has 3 heterocycles. The van der Waals surface area contributed by atoms with E-state index in [4.69, 9.17) is 28.4 Å². The fraction of sp³-hybridized carbons (Fsp3) is 0.741. The van der Waals surface area contributed by atoms with Crippen molar-refractivity contribution in [2.45, 2.75) is 112 Å². The Labute approximate surface area is 206 Å². The monoisotopic (exact) mass is 488 g/mol. The van der Waals surface area contributed by atoms with Crippen LogP contribution in [-0.2, 0) is 33.2 Å². The molecule has 1 N–H and O–H groups in total. The average molecular weight is 489 g/mol. The Morgan fingerprint density at radius 2 is 1.57 bits per heavy atom. The molecule has 0 bridgehead atoms. The van der Waals surface area contributed by atoms with Crippen LogP contribution in [0, 0.1) is 0 Å². The first-order chi connectivity index (χ1) is 17.0. The second kappa shape index (κ2) is 9.08. The molecule has 8 nitrogen and oxygen atoms in total. The van der Waals surface area contributed by atoms with E-state index in [1.807, 2.05) is 30.3 Å². The van der Waals surface area contributed by atoms with Gasteiger partial charge in [0.15, 0.2) is 17.9 Å². The molecule has 5 aliphatic rings. The minimum absolute atomic E-state index is 0.278. The Morgan fingerprint density at radius 1 is 0.914 bits per heavy atom. The highest BCUT2D eigenvalue weighted by molar-refractivity contribution is 5.80. The zero-order valence-electron chi connectivity index (χ0n) is 20.4. The van der Waals surface area contributed by atoms with Crippen LogP contribution >= 0.6 is 0 Å². The molecular formula is C27H36O8. The highest BCUT2D eigenvalue weighted by atomic mass is 16.8. The van der Waals surface area contributed by atoms with E-state index in [1.165, 1.54) is 7.11 Å². The van der Waals surface area contributed by atoms with Crippen molar-refractivity contribution in [3.63, 3.8) is 0 Å². The van der Waals surface area contributed by atoms with Gasteiger partial charge in [-0.3, -0.25) is 4.79 Å². The maximum absolute atomic E-state index is 13.3. The lowest BCUT2D eigenvalue weighted by Crippen LogP contribution is -2.60. The SMILES string of the molecule is COC(=O)C(c1ccccc1)[C@@]1(O)[C@@H](C2COC3(CCCCC3)O2)O[C@@H]2OC3(CCCCC3)O[C@@H]21. The molecule has 3 saturated heterocycles. The van der Waals surface area contributed by atoms with Gasteiger partial charge in [0.25, 0.3) is 0 Å². The number of hydrogen-bond acceptors (Lipinski definition) is 8. The van der Waals surface area contributed by atoms with Crippen LogP contribution in [0.1, 0.15) is 75.7 Å². The first-order valence-corrected chi connectivity index (χ1v) is 13.2. The molecule has 8 heteroatoms. The number of fused-ring (bicyclic) bond motifs is 1. The van der Waals surface area contributed by atoms with Gasteiger partial charge in [-0.1, -0.05) is 43.2 Å². The van der Waals surface area contributed by atoms with Gasteiger partial charge >= 0.3 is 5.97 Å². The molecule has 1 aromatic rings. The average Bonchev–Trinajstić information content (AvgIpc) is 3.52. The Hall–Kier alpha value is -1.55. The predicted octanol–water partition coefficient (Wildman–Crippen LogP) is 3.55. The standard InChI is InChI=1S/C27H36O8/c1-30-23(28)20(18-11-5-2-6-12-18)27(29)21(19-17-31-25(33-19)13-7-3-8-14-25)32-24-22(27)34-26(35-24)15-9-4-10-16-26/h2,5-6,11-12,19-22,24,29H,3-4,7-10,13-17H2,1H3/t19?,20?,21-,22+,24-,27-/m1/s1. The van der Waals surface area contributed by atoms with Crippen molar-refractivity contribution in [3.05, 3.63) is 35.9 Å². The summed E-state index contributed by atoms with van der Waals surface area (Å²) in [6.07, 6.45) is 6.35. The quantitative estimate of drug-likeness (QED) is 0.644. The van der Waals surface area contributed by atoms with Crippen molar-refractivity contribution in [2.75, 3.05) is 13.7 Å². The summed E-state index contributed by atoms with van der Waals surface area (Å²) in [5.74, 6) is -3.03. The molecule has 2 unspecified atom stereocenters. The summed E-state index contributed by atoms with van der Waals surface area (Å²) in [4.78, 5) is 13.3. The van der Waals surface area contributed by atoms with Crippen LogP contribution in [-0.4, -0.2) is 66.6 Å². The van der Waals surface area contributed by atoms with Gasteiger partial charge in [0.2, 0.25) is 0 Å². The zero-order valence-corrected chi connectivity index (χ0v) is 20.4. The normalized spacial score (nSPS) is 38.5. The molecule has 35 heavy (non-hydrogen) atoms. The van der Waals surface area contributed by atoms with Crippen molar-refractivity contribution in [3.8, 4) is 0 Å². The largest absolute Gasteiger partial charge is 0.468 e. The minimum atomic E-state index is -1.77. The van der Waals surface area contributed by atoms with E-state index in [9.17, 15) is 9.90 Å². The number of aliphatic hydroxyl groups is 1. The minimum Gasteiger partial charge on any atom is -0.468 e. The van der Waals surface area contributed by atoms with Gasteiger partial charge in [-0.15, -0.1) is 0 Å². The molecule has 5 fully saturated rings. The summed E-state index contributed by atoms with van der Waals surface area (Å²) in [6, 6.07) is 9.21. The third kappa shape index (κ3) is 3.93. The zero-order chi connectivity index (χ0) is 24.1. The van der Waals surface area contributed by atoms with Crippen LogP contribution in [0.4, 0.5) is 0 Å². The van der Waals surface area contributed by atoms with E-state index in [-0.39, 0.29) is 6.61 Å². The number of methoxy groups -OCH3 is 1. The lowest BCUT2D eigenvalue weighted by molar-refractivity contribution is -0.275. The van der Waals surface area contributed by atoms with Crippen molar-refractivity contribution >= 4 is 5.97 Å². The predicted molar refractivity (Wildman–Crippen MR) is 123 cm³/mol. The summed E-state index contributed by atoms with van der Waals surface area (Å²) < 4.78 is 37.3. The molecule has 192 valence electrons. The Kier molecular flexibility index (Phi) is 6.18. The van der Waals surface area contributed by atoms with E-state index in [0.717, 1.165) is 64.2 Å². The van der Waals surface area contributed by atoms with Crippen LogP contribution in [0.15, 0.2) is 30.3 Å². The van der Waals surface area contributed by atoms with E-state index in [1.54, 1.807) is 0 Å². The molecule has 0 radical (unpaired) electrons. The van der Waals surface area contributed by atoms with Crippen molar-refractivity contribution in [2.24, 2.45) is 0 Å². The second-order valence-electron chi connectivity index (χ2n) is 10.7. The van der Waals surface area contributed by atoms with E-state index < -0.39 is 53.7 Å². The van der Waals surface area contributed by atoms with Crippen molar-refractivity contribution in [1.82, 2.24) is 0 Å². The lowest BCUT2D eigenvalue weighted by atomic mass is 9.74. The van der Waals surface area contributed by atoms with Gasteiger partial charge in [-0.05, 0) is 31.2 Å². The van der Waals surface area contributed by atoms with Crippen LogP contribution in [0.3, 0.4) is 0 Å². The second-order valence-corrected chi connectivity index (χ2v) is 10.7. The molecule has 0 amide bonds. The van der Waals surface area contributed by atoms with Crippen LogP contribution < -0.4 is 0 Å². The Morgan fingerprint density at radius 3 is 2.23 bits per heavy atom. The van der Waals surface area contributed by atoms with Crippen LogP contribution in [0.2, 0.25) is 0 Å². The number of hydrogen-bond donors (Lipinski definition) is 1. The number of ether oxygens (including phenoxy) is 6. The molecule has 1 aromatic carbocycles. The van der Waals surface area contributed by atoms with Crippen molar-refractivity contribution < 1.29 is 38.3 Å². The van der Waals surface area contributed by atoms with Crippen molar-refractivity contribution in [1.29, 1.82) is 0 Å². The van der Waals surface area contributed by atoms with Gasteiger partial charge in [0.1, 0.15) is 29.8 Å². The third-order valence-electron chi connectivity index (χ3n) is 8.59. The molecule has 0 aromatic heterocycles. The fourth-order valence-electron chi connectivity index (χ4n) is 6.89. The summed E-state index contributed by atoms with van der Waals surface area (Å²) >= 11 is 0. The number of carbonyl (C=O) groups is 1. The van der Waals surface area contributed by atoms with Crippen LogP contribution in [0.25, 0.3) is 0 Å². The van der Waals surface area contributed by atoms with Gasteiger partial charge in [-0.25, -0.2) is 0 Å². The van der Waals surface area contributed by atoms with E-state index in [0.29, 0.717) is 5.56 Å². The van der Waals surface area contributed by atoms with Gasteiger partial charge in [-0.2, -0.15) is 0 Å². The highest BCUT2D eigenvalue weighted by Gasteiger charge is 2.71. The number of esters is 1. The number of carbonyl (C=O) groups excluding carboxylic acids is 1. The Balaban J connectivity index is 1.38. The molecule has 3 aliphatic heterocycles. The smallest absolute Gasteiger partial charge is 0.316 e. The first-order valence-electron chi connectivity index (χ1n) is 13.2. The Bertz CT molecular complexity index is 909. The molecule has 2 saturated carbocycles. The van der Waals surface area contributed by atoms with E-state index >= 15 is 0 Å². The molecule has 6 atom stereocenters. The first kappa shape index (κ1) is 23.8. The highest BCUT2D eigenvalue weighted by Crippen LogP contribution is 2.55. The van der Waals surface area contributed by atoms with Gasteiger partial charge in [0.05, 0.1) is 13.7 Å². The maximum atomic E-state index is 13.3. The molecular weight excluding hydrogens is 452 g/mol. The lowest BCUT2D eigenvalue weighted by Gasteiger charge is -2.42. The topological polar surface area (TPSA) is 92.7 Å². The number of benzene rings is 1.